The van der Waals surface area contributed by atoms with Gasteiger partial charge >= 0.3 is 6.18 Å². The normalized spacial score (nSPS) is 17.1. The molecular formula is C21H28F3N5O. The molecule has 1 saturated heterocycles. The van der Waals surface area contributed by atoms with Crippen LogP contribution in [0.1, 0.15) is 36.9 Å². The van der Waals surface area contributed by atoms with Crippen LogP contribution < -0.4 is 0 Å². The molecule has 9 heteroatoms. The summed E-state index contributed by atoms with van der Waals surface area (Å²) < 4.78 is 40.1. The smallest absolute Gasteiger partial charge is 0.344 e. The Morgan fingerprint density at radius 2 is 2.03 bits per heavy atom. The molecule has 2 aromatic rings. The number of rotatable bonds is 7. The second-order valence-corrected chi connectivity index (χ2v) is 8.00. The van der Waals surface area contributed by atoms with Crippen molar-refractivity contribution < 1.29 is 18.0 Å². The summed E-state index contributed by atoms with van der Waals surface area (Å²) in [7, 11) is 1.82. The second kappa shape index (κ2) is 9.59. The van der Waals surface area contributed by atoms with Crippen LogP contribution in [0.2, 0.25) is 0 Å². The highest BCUT2D eigenvalue weighted by Crippen LogP contribution is 2.29. The molecule has 1 aromatic carbocycles. The number of halogens is 3. The van der Waals surface area contributed by atoms with Crippen LogP contribution in [0.3, 0.4) is 0 Å². The third-order valence-electron chi connectivity index (χ3n) is 5.78. The summed E-state index contributed by atoms with van der Waals surface area (Å²) in [5, 5.41) is 4.03. The molecule has 0 radical (unpaired) electrons. The number of benzene rings is 1. The Morgan fingerprint density at radius 3 is 2.67 bits per heavy atom. The van der Waals surface area contributed by atoms with Gasteiger partial charge in [0, 0.05) is 20.1 Å². The van der Waals surface area contributed by atoms with Crippen LogP contribution >= 0.6 is 0 Å². The van der Waals surface area contributed by atoms with Gasteiger partial charge in [-0.1, -0.05) is 18.2 Å². The van der Waals surface area contributed by atoms with Crippen LogP contribution in [0.4, 0.5) is 13.2 Å². The number of piperidine rings is 1. The Labute approximate surface area is 174 Å². The monoisotopic (exact) mass is 423 g/mol. The number of carbonyl (C=O) groups is 1. The maximum Gasteiger partial charge on any atom is 0.416 e. The molecule has 0 spiro atoms. The fourth-order valence-corrected chi connectivity index (χ4v) is 3.91. The van der Waals surface area contributed by atoms with E-state index < -0.39 is 11.7 Å². The number of likely N-dealkylation sites (tertiary alicyclic amines) is 1. The molecule has 30 heavy (non-hydrogen) atoms. The number of amides is 1. The van der Waals surface area contributed by atoms with Crippen LogP contribution in [-0.4, -0.2) is 63.7 Å². The van der Waals surface area contributed by atoms with E-state index >= 15 is 0 Å². The van der Waals surface area contributed by atoms with Crippen molar-refractivity contribution >= 4 is 5.91 Å². The molecule has 1 atom stereocenters. The van der Waals surface area contributed by atoms with Gasteiger partial charge in [-0.3, -0.25) is 4.79 Å². The zero-order chi connectivity index (χ0) is 21.7. The maximum absolute atomic E-state index is 12.9. The lowest BCUT2D eigenvalue weighted by atomic mass is 9.95. The fraction of sp³-hybridized carbons (Fsp3) is 0.571. The molecular weight excluding hydrogens is 395 g/mol. The molecule has 3 rings (SSSR count). The van der Waals surface area contributed by atoms with Crippen LogP contribution in [0.5, 0.6) is 0 Å². The van der Waals surface area contributed by atoms with Crippen molar-refractivity contribution in [3.63, 3.8) is 0 Å². The zero-order valence-electron chi connectivity index (χ0n) is 17.3. The van der Waals surface area contributed by atoms with Crippen molar-refractivity contribution in [2.75, 3.05) is 33.2 Å². The number of nitrogens with zero attached hydrogens (tertiary/aromatic N) is 5. The number of alkyl halides is 3. The first-order valence-corrected chi connectivity index (χ1v) is 10.2. The van der Waals surface area contributed by atoms with E-state index in [-0.39, 0.29) is 11.9 Å². The topological polar surface area (TPSA) is 54.3 Å². The van der Waals surface area contributed by atoms with Gasteiger partial charge in [0.2, 0.25) is 5.91 Å². The maximum atomic E-state index is 12.9. The Balaban J connectivity index is 1.42. The summed E-state index contributed by atoms with van der Waals surface area (Å²) in [5.41, 5.74) is 0.117. The minimum Gasteiger partial charge on any atom is -0.344 e. The van der Waals surface area contributed by atoms with Crippen molar-refractivity contribution in [1.82, 2.24) is 24.6 Å². The summed E-state index contributed by atoms with van der Waals surface area (Å²) in [6.07, 6.45) is 1.19. The summed E-state index contributed by atoms with van der Waals surface area (Å²) >= 11 is 0. The first kappa shape index (κ1) is 22.3. The Bertz CT molecular complexity index is 816. The Kier molecular flexibility index (Phi) is 7.12. The van der Waals surface area contributed by atoms with Gasteiger partial charge in [-0.2, -0.15) is 18.3 Å². The molecule has 0 saturated carbocycles. The van der Waals surface area contributed by atoms with Crippen molar-refractivity contribution in [3.8, 4) is 0 Å². The summed E-state index contributed by atoms with van der Waals surface area (Å²) in [6, 6.07) is 5.18. The highest BCUT2D eigenvalue weighted by atomic mass is 19.4. The van der Waals surface area contributed by atoms with Crippen LogP contribution in [0, 0.1) is 5.92 Å². The van der Waals surface area contributed by atoms with Gasteiger partial charge in [-0.15, -0.1) is 0 Å². The van der Waals surface area contributed by atoms with E-state index in [2.05, 4.69) is 15.0 Å². The molecule has 164 valence electrons. The van der Waals surface area contributed by atoms with E-state index in [4.69, 9.17) is 0 Å². The van der Waals surface area contributed by atoms with E-state index in [1.54, 1.807) is 22.0 Å². The van der Waals surface area contributed by atoms with Gasteiger partial charge in [0.1, 0.15) is 18.7 Å². The molecule has 0 N–H and O–H groups in total. The van der Waals surface area contributed by atoms with E-state index in [9.17, 15) is 18.0 Å². The molecule has 0 bridgehead atoms. The number of aromatic nitrogens is 3. The minimum absolute atomic E-state index is 0.00692. The first-order valence-electron chi connectivity index (χ1n) is 10.2. The minimum atomic E-state index is -4.30. The van der Waals surface area contributed by atoms with E-state index in [0.29, 0.717) is 24.4 Å². The van der Waals surface area contributed by atoms with Gasteiger partial charge in [0.25, 0.3) is 0 Å². The van der Waals surface area contributed by atoms with Gasteiger partial charge in [0.15, 0.2) is 0 Å². The number of likely N-dealkylation sites (N-methyl/N-ethyl adjacent to an activating group) is 1. The molecule has 6 nitrogen and oxygen atoms in total. The standard InChI is InChI=1S/C21H28F3N5O/c1-16(29-15-25-14-26-29)20(30)27(2)13-18-7-10-28(11-8-18)9-6-17-4-3-5-19(12-17)21(22,23)24/h3-5,12,14-16,18H,6-11,13H2,1-2H3/t16-/m1/s1. The number of hydrogen-bond donors (Lipinski definition) is 0. The van der Waals surface area contributed by atoms with Crippen LogP contribution in [0.15, 0.2) is 36.9 Å². The van der Waals surface area contributed by atoms with Gasteiger partial charge in [-0.05, 0) is 56.8 Å². The average molecular weight is 423 g/mol. The molecule has 1 aliphatic heterocycles. The Morgan fingerprint density at radius 1 is 1.30 bits per heavy atom. The number of hydrogen-bond acceptors (Lipinski definition) is 4. The van der Waals surface area contributed by atoms with Crippen LogP contribution in [0.25, 0.3) is 0 Å². The van der Waals surface area contributed by atoms with Crippen molar-refractivity contribution in [1.29, 1.82) is 0 Å². The molecule has 1 aliphatic rings. The first-order chi connectivity index (χ1) is 14.2. The molecule has 2 heterocycles. The SMILES string of the molecule is C[C@H](C(=O)N(C)CC1CCN(CCc2cccc(C(F)(F)F)c2)CC1)n1cncn1. The third kappa shape index (κ3) is 5.81. The average Bonchev–Trinajstić information content (AvgIpc) is 3.26. The van der Waals surface area contributed by atoms with E-state index in [0.717, 1.165) is 38.5 Å². The third-order valence-corrected chi connectivity index (χ3v) is 5.78. The summed E-state index contributed by atoms with van der Waals surface area (Å²) in [4.78, 5) is 20.5. The molecule has 0 aliphatic carbocycles. The van der Waals surface area contributed by atoms with E-state index in [1.165, 1.54) is 18.5 Å². The molecule has 0 unspecified atom stereocenters. The quantitative estimate of drug-likeness (QED) is 0.686. The Hall–Kier alpha value is -2.42. The fourth-order valence-electron chi connectivity index (χ4n) is 3.91. The lowest BCUT2D eigenvalue weighted by Gasteiger charge is -2.34. The van der Waals surface area contributed by atoms with Crippen molar-refractivity contribution in [2.45, 2.75) is 38.4 Å². The summed E-state index contributed by atoms with van der Waals surface area (Å²) in [5.74, 6) is 0.430. The highest BCUT2D eigenvalue weighted by Gasteiger charge is 2.30. The predicted octanol–water partition coefficient (Wildman–Crippen LogP) is 3.27. The lowest BCUT2D eigenvalue weighted by Crippen LogP contribution is -2.41. The van der Waals surface area contributed by atoms with Gasteiger partial charge < -0.3 is 9.80 Å². The highest BCUT2D eigenvalue weighted by molar-refractivity contribution is 5.79. The largest absolute Gasteiger partial charge is 0.416 e. The number of carbonyl (C=O) groups excluding carboxylic acids is 1. The molecule has 1 aromatic heterocycles. The summed E-state index contributed by atoms with van der Waals surface area (Å²) in [6.45, 7) is 5.03. The van der Waals surface area contributed by atoms with Gasteiger partial charge in [-0.25, -0.2) is 9.67 Å². The zero-order valence-corrected chi connectivity index (χ0v) is 17.3. The van der Waals surface area contributed by atoms with Gasteiger partial charge in [0.05, 0.1) is 5.56 Å². The van der Waals surface area contributed by atoms with Crippen molar-refractivity contribution in [3.05, 3.63) is 48.0 Å². The van der Waals surface area contributed by atoms with E-state index in [1.807, 2.05) is 14.0 Å². The predicted molar refractivity (Wildman–Crippen MR) is 107 cm³/mol. The molecule has 1 fully saturated rings. The van der Waals surface area contributed by atoms with Crippen LogP contribution in [-0.2, 0) is 17.4 Å². The second-order valence-electron chi connectivity index (χ2n) is 8.00. The van der Waals surface area contributed by atoms with Crippen molar-refractivity contribution in [2.24, 2.45) is 5.92 Å². The molecule has 1 amide bonds. The lowest BCUT2D eigenvalue weighted by molar-refractivity contribution is -0.137.